The molecule has 0 atom stereocenters. The van der Waals surface area contributed by atoms with Crippen molar-refractivity contribution < 1.29 is 4.74 Å². The molecule has 0 aliphatic carbocycles. The van der Waals surface area contributed by atoms with Gasteiger partial charge in [-0.2, -0.15) is 0 Å². The van der Waals surface area contributed by atoms with Crippen LogP contribution in [0.25, 0.3) is 0 Å². The fraction of sp³-hybridized carbons (Fsp3) is 0.200. The van der Waals surface area contributed by atoms with Crippen molar-refractivity contribution in [3.8, 4) is 4.62 Å². The van der Waals surface area contributed by atoms with Crippen molar-refractivity contribution in [3.63, 3.8) is 0 Å². The Morgan fingerprint density at radius 3 is 2.62 bits per heavy atom. The molecule has 1 heterocycles. The first kappa shape index (κ1) is 6.40. The van der Waals surface area contributed by atoms with Gasteiger partial charge < -0.3 is 0 Å². The van der Waals surface area contributed by atoms with E-state index in [4.69, 9.17) is 4.74 Å². The zero-order valence-corrected chi connectivity index (χ0v) is 7.65. The summed E-state index contributed by atoms with van der Waals surface area (Å²) in [6, 6.07) is 4.02. The van der Waals surface area contributed by atoms with Crippen LogP contribution in [0.2, 0.25) is 0 Å². The molecule has 8 heavy (non-hydrogen) atoms. The van der Waals surface area contributed by atoms with E-state index in [0.717, 1.165) is 4.62 Å². The van der Waals surface area contributed by atoms with Crippen LogP contribution in [-0.2, 0) is 0 Å². The second-order valence-corrected chi connectivity index (χ2v) is 5.49. The molecule has 44 valence electrons. The van der Waals surface area contributed by atoms with Crippen LogP contribution >= 0.6 is 15.9 Å². The van der Waals surface area contributed by atoms with Crippen molar-refractivity contribution in [2.45, 2.75) is 0 Å². The first-order valence-electron chi connectivity index (χ1n) is 2.12. The van der Waals surface area contributed by atoms with Crippen LogP contribution in [0.5, 0.6) is 4.62 Å². The number of halogens is 1. The van der Waals surface area contributed by atoms with E-state index in [1.807, 2.05) is 12.1 Å². The van der Waals surface area contributed by atoms with Crippen LogP contribution < -0.4 is 4.74 Å². The van der Waals surface area contributed by atoms with Gasteiger partial charge in [-0.15, -0.1) is 0 Å². The first-order chi connectivity index (χ1) is 3.83. The average molecular weight is 240 g/mol. The summed E-state index contributed by atoms with van der Waals surface area (Å²) in [4.78, 5) is 0. The predicted octanol–water partition coefficient (Wildman–Crippen LogP) is 1.51. The van der Waals surface area contributed by atoms with Crippen LogP contribution in [0.3, 0.4) is 0 Å². The Morgan fingerprint density at radius 2 is 2.38 bits per heavy atom. The van der Waals surface area contributed by atoms with Crippen molar-refractivity contribution in [2.24, 2.45) is 0 Å². The molecule has 1 rings (SSSR count). The molecule has 0 aromatic carbocycles. The van der Waals surface area contributed by atoms with Crippen molar-refractivity contribution in [1.29, 1.82) is 0 Å². The molecule has 0 N–H and O–H groups in total. The van der Waals surface area contributed by atoms with Crippen LogP contribution in [0.15, 0.2) is 15.5 Å². The number of methoxy groups -OCH3 is 1. The molecule has 0 radical (unpaired) electrons. The number of hydrogen-bond acceptors (Lipinski definition) is 1. The molecule has 0 saturated heterocycles. The number of hydrogen-bond donors (Lipinski definition) is 0. The zero-order valence-electron chi connectivity index (χ0n) is 4.35. The minimum absolute atomic E-state index is 0.411. The van der Waals surface area contributed by atoms with Crippen molar-refractivity contribution >= 4 is 30.4 Å². The van der Waals surface area contributed by atoms with Crippen molar-refractivity contribution in [1.82, 2.24) is 0 Å². The van der Waals surface area contributed by atoms with Gasteiger partial charge in [-0.3, -0.25) is 0 Å². The summed E-state index contributed by atoms with van der Waals surface area (Å²) in [5, 5.41) is 0. The maximum absolute atomic E-state index is 4.99. The fourth-order valence-corrected chi connectivity index (χ4v) is 2.52. The summed E-state index contributed by atoms with van der Waals surface area (Å²) in [5.41, 5.74) is 0. The van der Waals surface area contributed by atoms with Crippen LogP contribution in [0.1, 0.15) is 0 Å². The van der Waals surface area contributed by atoms with Gasteiger partial charge in [0.05, 0.1) is 0 Å². The molecular weight excluding hydrogens is 235 g/mol. The standard InChI is InChI=1S/C5H5BrOSe/c1-7-5-3-2-4(6)8-5/h2-3H,1H3. The Balaban J connectivity index is 2.84. The van der Waals surface area contributed by atoms with Gasteiger partial charge in [0.15, 0.2) is 0 Å². The van der Waals surface area contributed by atoms with E-state index in [1.165, 1.54) is 3.35 Å². The first-order valence-corrected chi connectivity index (χ1v) is 4.63. The monoisotopic (exact) mass is 240 g/mol. The van der Waals surface area contributed by atoms with Gasteiger partial charge in [0.1, 0.15) is 0 Å². The molecule has 0 spiro atoms. The van der Waals surface area contributed by atoms with Crippen molar-refractivity contribution in [3.05, 3.63) is 15.5 Å². The molecule has 1 nitrogen and oxygen atoms in total. The Labute approximate surface area is 62.5 Å². The number of rotatable bonds is 1. The Bertz CT molecular complexity index is 173. The van der Waals surface area contributed by atoms with E-state index < -0.39 is 0 Å². The molecule has 0 aliphatic rings. The Hall–Kier alpha value is 0.279. The van der Waals surface area contributed by atoms with Gasteiger partial charge in [-0.25, -0.2) is 0 Å². The minimum atomic E-state index is 0.411. The predicted molar refractivity (Wildman–Crippen MR) is 37.6 cm³/mol. The van der Waals surface area contributed by atoms with Gasteiger partial charge in [0.2, 0.25) is 0 Å². The van der Waals surface area contributed by atoms with Crippen LogP contribution in [-0.4, -0.2) is 21.6 Å². The van der Waals surface area contributed by atoms with Gasteiger partial charge in [0.25, 0.3) is 0 Å². The SMILES string of the molecule is COc1ccc(Br)[se]1. The molecule has 0 saturated carbocycles. The summed E-state index contributed by atoms with van der Waals surface area (Å²) < 4.78 is 7.33. The molecule has 0 bridgehead atoms. The van der Waals surface area contributed by atoms with E-state index in [0.29, 0.717) is 14.5 Å². The van der Waals surface area contributed by atoms with Gasteiger partial charge >= 0.3 is 62.4 Å². The van der Waals surface area contributed by atoms with Crippen LogP contribution in [0.4, 0.5) is 0 Å². The molecule has 1 aromatic heterocycles. The van der Waals surface area contributed by atoms with E-state index >= 15 is 0 Å². The third kappa shape index (κ3) is 1.38. The Morgan fingerprint density at radius 1 is 1.62 bits per heavy atom. The molecule has 1 aromatic rings. The summed E-state index contributed by atoms with van der Waals surface area (Å²) in [6.07, 6.45) is 0. The summed E-state index contributed by atoms with van der Waals surface area (Å²) in [5.74, 6) is 0. The van der Waals surface area contributed by atoms with Gasteiger partial charge in [0, 0.05) is 0 Å². The third-order valence-electron chi connectivity index (χ3n) is 0.750. The fourth-order valence-electron chi connectivity index (χ4n) is 0.407. The molecule has 0 fully saturated rings. The zero-order chi connectivity index (χ0) is 5.98. The third-order valence-corrected chi connectivity index (χ3v) is 3.61. The quantitative estimate of drug-likeness (QED) is 0.676. The maximum atomic E-state index is 4.99. The summed E-state index contributed by atoms with van der Waals surface area (Å²) in [7, 11) is 1.70. The van der Waals surface area contributed by atoms with E-state index in [9.17, 15) is 0 Å². The van der Waals surface area contributed by atoms with Crippen molar-refractivity contribution in [2.75, 3.05) is 7.11 Å². The average Bonchev–Trinajstić information content (AvgIpc) is 2.14. The normalized spacial score (nSPS) is 9.25. The second kappa shape index (κ2) is 2.72. The van der Waals surface area contributed by atoms with Gasteiger partial charge in [-0.1, -0.05) is 0 Å². The van der Waals surface area contributed by atoms with Crippen LogP contribution in [0, 0.1) is 0 Å². The Kier molecular flexibility index (Phi) is 2.17. The van der Waals surface area contributed by atoms with E-state index in [1.54, 1.807) is 7.11 Å². The van der Waals surface area contributed by atoms with Gasteiger partial charge in [-0.05, 0) is 0 Å². The van der Waals surface area contributed by atoms with E-state index in [-0.39, 0.29) is 0 Å². The molecular formula is C5H5BrOSe. The molecule has 0 unspecified atom stereocenters. The molecule has 0 aliphatic heterocycles. The number of ether oxygens (including phenoxy) is 1. The van der Waals surface area contributed by atoms with E-state index in [2.05, 4.69) is 15.9 Å². The summed E-state index contributed by atoms with van der Waals surface area (Å²) in [6.45, 7) is 0. The molecule has 3 heteroatoms. The molecule has 0 amide bonds. The summed E-state index contributed by atoms with van der Waals surface area (Å²) >= 11 is 3.79. The second-order valence-electron chi connectivity index (χ2n) is 1.26. The topological polar surface area (TPSA) is 9.23 Å².